The van der Waals surface area contributed by atoms with Crippen LogP contribution in [-0.2, 0) is 19.1 Å². The van der Waals surface area contributed by atoms with Crippen LogP contribution in [-0.4, -0.2) is 45.1 Å². The number of ketones is 2. The summed E-state index contributed by atoms with van der Waals surface area (Å²) in [6, 6.07) is 7.98. The Bertz CT molecular complexity index is 1410. The lowest BCUT2D eigenvalue weighted by Gasteiger charge is -2.60. The van der Waals surface area contributed by atoms with Crippen molar-refractivity contribution in [3.63, 3.8) is 0 Å². The number of Topliss-reactive ketones (excluding diaryl/α,β-unsaturated/α-hetero) is 1. The molecule has 0 aliphatic heterocycles. The zero-order valence-electron chi connectivity index (χ0n) is 23.9. The number of benzene rings is 1. The monoisotopic (exact) mass is 593 g/mol. The third-order valence-corrected chi connectivity index (χ3v) is 14.0. The van der Waals surface area contributed by atoms with Crippen LogP contribution in [0.4, 0.5) is 0 Å². The lowest BCUT2D eigenvalue weighted by atomic mass is 9.45. The Morgan fingerprint density at radius 2 is 1.93 bits per heavy atom. The number of carbonyl (C=O) groups is 3. The normalized spacial score (nSPS) is 38.4. The van der Waals surface area contributed by atoms with Crippen LogP contribution in [0.1, 0.15) is 78.1 Å². The average molecular weight is 594 g/mol. The number of carbonyl (C=O) groups excluding carboxylic acids is 3. The van der Waals surface area contributed by atoms with E-state index in [1.165, 1.54) is 17.3 Å². The molecule has 4 saturated carbocycles. The van der Waals surface area contributed by atoms with E-state index in [4.69, 9.17) is 9.72 Å². The van der Waals surface area contributed by atoms with Crippen LogP contribution in [0.3, 0.4) is 0 Å². The number of hydrogen-bond donors (Lipinski definition) is 1. The summed E-state index contributed by atoms with van der Waals surface area (Å²) in [6.07, 6.45) is 8.73. The molecule has 218 valence electrons. The Morgan fingerprint density at radius 3 is 2.68 bits per heavy atom. The first-order valence-corrected chi connectivity index (χ1v) is 17.1. The van der Waals surface area contributed by atoms with Crippen LogP contribution in [0.25, 0.3) is 10.2 Å². The number of thiazole rings is 1. The average Bonchev–Trinajstić information content (AvgIpc) is 3.45. The molecule has 7 atom stereocenters. The number of aliphatic hydroxyl groups excluding tert-OH is 1. The maximum atomic E-state index is 14.4. The Morgan fingerprint density at radius 1 is 1.12 bits per heavy atom. The van der Waals surface area contributed by atoms with E-state index in [0.29, 0.717) is 19.3 Å². The van der Waals surface area contributed by atoms with Crippen molar-refractivity contribution in [3.8, 4) is 0 Å². The fourth-order valence-corrected chi connectivity index (χ4v) is 11.4. The smallest absolute Gasteiger partial charge is 0.309 e. The van der Waals surface area contributed by atoms with Crippen LogP contribution in [0, 0.1) is 34.5 Å². The van der Waals surface area contributed by atoms with E-state index >= 15 is 0 Å². The van der Waals surface area contributed by atoms with Gasteiger partial charge in [0.2, 0.25) is 0 Å². The van der Waals surface area contributed by atoms with E-state index < -0.39 is 17.1 Å². The molecule has 6 unspecified atom stereocenters. The van der Waals surface area contributed by atoms with Gasteiger partial charge in [0, 0.05) is 11.8 Å². The first-order chi connectivity index (χ1) is 19.6. The second kappa shape index (κ2) is 10.0. The lowest BCUT2D eigenvalue weighted by Crippen LogP contribution is -2.63. The van der Waals surface area contributed by atoms with Crippen LogP contribution >= 0.6 is 23.1 Å². The summed E-state index contributed by atoms with van der Waals surface area (Å²) in [6.45, 7) is 4.36. The van der Waals surface area contributed by atoms with Gasteiger partial charge in [-0.2, -0.15) is 0 Å². The molecule has 0 saturated heterocycles. The van der Waals surface area contributed by atoms with Crippen molar-refractivity contribution in [2.45, 2.75) is 94.1 Å². The molecule has 5 aliphatic carbocycles. The van der Waals surface area contributed by atoms with Gasteiger partial charge in [0.05, 0.1) is 28.0 Å². The Labute approximate surface area is 249 Å². The van der Waals surface area contributed by atoms with Gasteiger partial charge in [-0.15, -0.1) is 11.3 Å². The third-order valence-electron chi connectivity index (χ3n) is 11.8. The van der Waals surface area contributed by atoms with E-state index in [0.717, 1.165) is 59.5 Å². The van der Waals surface area contributed by atoms with Crippen LogP contribution in [0.15, 0.2) is 40.3 Å². The second-order valence-corrected chi connectivity index (χ2v) is 15.9. The zero-order chi connectivity index (χ0) is 28.6. The van der Waals surface area contributed by atoms with Gasteiger partial charge in [0.1, 0.15) is 0 Å². The standard InChI is InChI=1S/C33H39NO5S2/c1-31-14-12-21(35)16-20(31)10-11-22-23-13-15-33(39-29(38)19-6-5-7-19,32(23,2)17-25(36)28(22)31)27(37)18-40-30-34-24-8-3-4-9-26(24)41-30/h3-4,8-9,16,19,22-23,25,28,36H,5-7,10-15,17-18H2,1-2H3/t22?,23?,25?,28?,31?,32?,33-/m0/s1. The second-order valence-electron chi connectivity index (χ2n) is 13.7. The summed E-state index contributed by atoms with van der Waals surface area (Å²) in [5.41, 5.74) is 0.0518. The number of aromatic nitrogens is 1. The van der Waals surface area contributed by atoms with Gasteiger partial charge in [-0.3, -0.25) is 14.4 Å². The molecule has 6 nitrogen and oxygen atoms in total. The minimum Gasteiger partial charge on any atom is -0.450 e. The molecule has 2 aromatic rings. The highest BCUT2D eigenvalue weighted by Crippen LogP contribution is 2.68. The predicted octanol–water partition coefficient (Wildman–Crippen LogP) is 6.54. The quantitative estimate of drug-likeness (QED) is 0.300. The van der Waals surface area contributed by atoms with Crippen molar-refractivity contribution in [1.82, 2.24) is 4.98 Å². The minimum absolute atomic E-state index is 0.0454. The molecule has 4 fully saturated rings. The molecule has 1 aromatic carbocycles. The first-order valence-electron chi connectivity index (χ1n) is 15.3. The Balaban J connectivity index is 1.21. The molecular weight excluding hydrogens is 554 g/mol. The molecule has 8 heteroatoms. The molecule has 0 amide bonds. The number of aliphatic hydroxyl groups is 1. The van der Waals surface area contributed by atoms with E-state index in [1.807, 2.05) is 30.3 Å². The highest BCUT2D eigenvalue weighted by molar-refractivity contribution is 8.01. The van der Waals surface area contributed by atoms with Gasteiger partial charge in [-0.05, 0) is 92.7 Å². The minimum atomic E-state index is -1.24. The number of ether oxygens (including phenoxy) is 1. The number of allylic oxidation sites excluding steroid dienone is 1. The summed E-state index contributed by atoms with van der Waals surface area (Å²) >= 11 is 3.02. The third kappa shape index (κ3) is 4.21. The van der Waals surface area contributed by atoms with Crippen LogP contribution < -0.4 is 0 Å². The molecule has 5 aliphatic rings. The van der Waals surface area contributed by atoms with Crippen molar-refractivity contribution in [2.75, 3.05) is 5.75 Å². The number of hydrogen-bond acceptors (Lipinski definition) is 8. The van der Waals surface area contributed by atoms with Gasteiger partial charge >= 0.3 is 5.97 Å². The largest absolute Gasteiger partial charge is 0.450 e. The molecule has 0 spiro atoms. The summed E-state index contributed by atoms with van der Waals surface area (Å²) in [4.78, 5) is 44.8. The van der Waals surface area contributed by atoms with E-state index in [-0.39, 0.29) is 52.4 Å². The zero-order valence-corrected chi connectivity index (χ0v) is 25.5. The predicted molar refractivity (Wildman–Crippen MR) is 160 cm³/mol. The molecule has 0 radical (unpaired) electrons. The maximum Gasteiger partial charge on any atom is 0.309 e. The number of fused-ring (bicyclic) bond motifs is 6. The van der Waals surface area contributed by atoms with Gasteiger partial charge in [-0.1, -0.05) is 49.7 Å². The van der Waals surface area contributed by atoms with Crippen molar-refractivity contribution < 1.29 is 24.2 Å². The Kier molecular flexibility index (Phi) is 6.79. The van der Waals surface area contributed by atoms with Crippen molar-refractivity contribution in [2.24, 2.45) is 34.5 Å². The van der Waals surface area contributed by atoms with E-state index in [2.05, 4.69) is 13.8 Å². The lowest BCUT2D eigenvalue weighted by molar-refractivity contribution is -0.204. The number of para-hydroxylation sites is 1. The van der Waals surface area contributed by atoms with Gasteiger partial charge in [-0.25, -0.2) is 4.98 Å². The molecule has 0 bridgehead atoms. The van der Waals surface area contributed by atoms with Gasteiger partial charge in [0.25, 0.3) is 0 Å². The fraction of sp³-hybridized carbons (Fsp3) is 0.636. The highest BCUT2D eigenvalue weighted by Gasteiger charge is 2.70. The highest BCUT2D eigenvalue weighted by atomic mass is 32.2. The fourth-order valence-electron chi connectivity index (χ4n) is 9.41. The first kappa shape index (κ1) is 27.8. The molecule has 1 heterocycles. The van der Waals surface area contributed by atoms with Gasteiger partial charge in [0.15, 0.2) is 21.5 Å². The van der Waals surface area contributed by atoms with Crippen molar-refractivity contribution >= 4 is 50.9 Å². The van der Waals surface area contributed by atoms with Crippen LogP contribution in [0.5, 0.6) is 0 Å². The number of rotatable bonds is 6. The molecule has 1 aromatic heterocycles. The molecule has 1 N–H and O–H groups in total. The van der Waals surface area contributed by atoms with E-state index in [9.17, 15) is 19.5 Å². The van der Waals surface area contributed by atoms with Crippen LogP contribution in [0.2, 0.25) is 0 Å². The summed E-state index contributed by atoms with van der Waals surface area (Å²) in [7, 11) is 0. The molecular formula is C33H39NO5S2. The summed E-state index contributed by atoms with van der Waals surface area (Å²) in [5, 5.41) is 11.9. The van der Waals surface area contributed by atoms with E-state index in [1.54, 1.807) is 11.3 Å². The molecule has 7 rings (SSSR count). The number of nitrogens with zero attached hydrogens (tertiary/aromatic N) is 1. The SMILES string of the molecule is CC12CCC(=O)C=C1CCC1C2C(O)CC2(C)C1CC[C@]2(OC(=O)C1CCC1)C(=O)CSc1nc2ccccc2s1. The topological polar surface area (TPSA) is 93.6 Å². The number of thioether (sulfide) groups is 1. The summed E-state index contributed by atoms with van der Waals surface area (Å²) in [5.74, 6) is 0.448. The Hall–Kier alpha value is -2.03. The van der Waals surface area contributed by atoms with Crippen molar-refractivity contribution in [1.29, 1.82) is 0 Å². The van der Waals surface area contributed by atoms with Crippen molar-refractivity contribution in [3.05, 3.63) is 35.9 Å². The summed E-state index contributed by atoms with van der Waals surface area (Å²) < 4.78 is 8.40. The van der Waals surface area contributed by atoms with Gasteiger partial charge < -0.3 is 9.84 Å². The maximum absolute atomic E-state index is 14.4. The molecule has 41 heavy (non-hydrogen) atoms. The number of esters is 1.